The molecule has 4 unspecified atom stereocenters. The van der Waals surface area contributed by atoms with Crippen LogP contribution in [0.3, 0.4) is 0 Å². The summed E-state index contributed by atoms with van der Waals surface area (Å²) in [7, 11) is 0. The largest absolute Gasteiger partial charge is 0.480 e. The van der Waals surface area contributed by atoms with E-state index >= 15 is 0 Å². The number of aliphatic carboxylic acids is 1. The molecule has 0 aromatic rings. The van der Waals surface area contributed by atoms with Gasteiger partial charge >= 0.3 is 5.97 Å². The van der Waals surface area contributed by atoms with Crippen LogP contribution < -0.4 is 16.4 Å². The van der Waals surface area contributed by atoms with Crippen molar-refractivity contribution in [3.63, 3.8) is 0 Å². The van der Waals surface area contributed by atoms with E-state index in [-0.39, 0.29) is 5.92 Å². The molecule has 1 rings (SSSR count). The zero-order valence-electron chi connectivity index (χ0n) is 16.0. The number of amides is 3. The lowest BCUT2D eigenvalue weighted by molar-refractivity contribution is -0.145. The summed E-state index contributed by atoms with van der Waals surface area (Å²) in [6.45, 7) is 4.97. The van der Waals surface area contributed by atoms with Crippen LogP contribution in [0.15, 0.2) is 0 Å². The third kappa shape index (κ3) is 6.47. The Bertz CT molecular complexity index is 568. The van der Waals surface area contributed by atoms with E-state index in [9.17, 15) is 19.2 Å². The Morgan fingerprint density at radius 1 is 1.19 bits per heavy atom. The van der Waals surface area contributed by atoms with Crippen molar-refractivity contribution in [2.75, 3.05) is 13.2 Å². The second-order valence-electron chi connectivity index (χ2n) is 7.24. The fourth-order valence-electron chi connectivity index (χ4n) is 3.00. The van der Waals surface area contributed by atoms with Crippen LogP contribution in [-0.4, -0.2) is 76.1 Å². The summed E-state index contributed by atoms with van der Waals surface area (Å²) in [5.74, 6) is -2.64. The van der Waals surface area contributed by atoms with Gasteiger partial charge in [0.15, 0.2) is 0 Å². The van der Waals surface area contributed by atoms with Gasteiger partial charge in [-0.3, -0.25) is 14.4 Å². The number of carboxylic acids is 1. The summed E-state index contributed by atoms with van der Waals surface area (Å²) >= 11 is 0. The highest BCUT2D eigenvalue weighted by Crippen LogP contribution is 2.19. The number of aliphatic hydroxyl groups is 1. The Balaban J connectivity index is 2.70. The molecule has 4 atom stereocenters. The van der Waals surface area contributed by atoms with Gasteiger partial charge in [-0.05, 0) is 32.1 Å². The van der Waals surface area contributed by atoms with Crippen LogP contribution in [0, 0.1) is 5.92 Å². The third-order valence-electron chi connectivity index (χ3n) is 4.43. The van der Waals surface area contributed by atoms with Crippen LogP contribution >= 0.6 is 0 Å². The van der Waals surface area contributed by atoms with E-state index in [0.29, 0.717) is 25.8 Å². The number of aliphatic hydroxyl groups excluding tert-OH is 1. The van der Waals surface area contributed by atoms with Gasteiger partial charge in [-0.15, -0.1) is 0 Å². The summed E-state index contributed by atoms with van der Waals surface area (Å²) in [5.41, 5.74) is 5.81. The van der Waals surface area contributed by atoms with E-state index in [4.69, 9.17) is 15.9 Å². The highest BCUT2D eigenvalue weighted by Gasteiger charge is 2.37. The number of rotatable bonds is 9. The number of nitrogens with zero attached hydrogens (tertiary/aromatic N) is 1. The predicted molar refractivity (Wildman–Crippen MR) is 96.4 cm³/mol. The van der Waals surface area contributed by atoms with E-state index in [2.05, 4.69) is 10.6 Å². The number of likely N-dealkylation sites (tertiary alicyclic amines) is 1. The van der Waals surface area contributed by atoms with Crippen LogP contribution in [0.5, 0.6) is 0 Å². The molecular weight excluding hydrogens is 356 g/mol. The van der Waals surface area contributed by atoms with Crippen molar-refractivity contribution in [1.82, 2.24) is 15.5 Å². The van der Waals surface area contributed by atoms with E-state index < -0.39 is 54.5 Å². The van der Waals surface area contributed by atoms with Crippen LogP contribution in [0.2, 0.25) is 0 Å². The van der Waals surface area contributed by atoms with Crippen LogP contribution in [-0.2, 0) is 19.2 Å². The molecule has 0 aromatic heterocycles. The molecule has 0 aromatic carbocycles. The van der Waals surface area contributed by atoms with Gasteiger partial charge in [-0.25, -0.2) is 4.79 Å². The number of carbonyl (C=O) groups is 4. The molecule has 154 valence electrons. The average Bonchev–Trinajstić information content (AvgIpc) is 3.07. The molecule has 1 saturated heterocycles. The summed E-state index contributed by atoms with van der Waals surface area (Å²) in [6, 6.07) is -3.85. The van der Waals surface area contributed by atoms with E-state index in [1.165, 1.54) is 11.8 Å². The molecule has 10 heteroatoms. The average molecular weight is 386 g/mol. The second kappa shape index (κ2) is 10.2. The SMILES string of the molecule is CC(C)CC(N)C(=O)NC(C)C(=O)N1CCCC1C(=O)NC(CO)C(=O)O. The fraction of sp³-hybridized carbons (Fsp3) is 0.765. The predicted octanol–water partition coefficient (Wildman–Crippen LogP) is -1.58. The van der Waals surface area contributed by atoms with Gasteiger partial charge in [0, 0.05) is 6.54 Å². The summed E-state index contributed by atoms with van der Waals surface area (Å²) in [4.78, 5) is 49.4. The number of carbonyl (C=O) groups excluding carboxylic acids is 3. The smallest absolute Gasteiger partial charge is 0.328 e. The molecule has 0 saturated carbocycles. The van der Waals surface area contributed by atoms with Gasteiger partial charge in [0.2, 0.25) is 17.7 Å². The van der Waals surface area contributed by atoms with Crippen LogP contribution in [0.1, 0.15) is 40.0 Å². The molecule has 1 aliphatic heterocycles. The minimum Gasteiger partial charge on any atom is -0.480 e. The molecule has 1 aliphatic rings. The van der Waals surface area contributed by atoms with Gasteiger partial charge < -0.3 is 31.5 Å². The molecule has 1 heterocycles. The molecule has 6 N–H and O–H groups in total. The molecule has 27 heavy (non-hydrogen) atoms. The summed E-state index contributed by atoms with van der Waals surface area (Å²) in [5, 5.41) is 22.7. The minimum absolute atomic E-state index is 0.233. The van der Waals surface area contributed by atoms with E-state index in [0.717, 1.165) is 0 Å². The van der Waals surface area contributed by atoms with Crippen LogP contribution in [0.25, 0.3) is 0 Å². The minimum atomic E-state index is -1.43. The first kappa shape index (κ1) is 22.8. The molecular formula is C17H30N4O6. The molecule has 3 amide bonds. The molecule has 1 fully saturated rings. The van der Waals surface area contributed by atoms with Crippen molar-refractivity contribution in [1.29, 1.82) is 0 Å². The third-order valence-corrected chi connectivity index (χ3v) is 4.43. The quantitative estimate of drug-likeness (QED) is 0.319. The van der Waals surface area contributed by atoms with Crippen molar-refractivity contribution < 1.29 is 29.4 Å². The number of nitrogens with one attached hydrogen (secondary N) is 2. The second-order valence-corrected chi connectivity index (χ2v) is 7.24. The molecule has 10 nitrogen and oxygen atoms in total. The molecule has 0 radical (unpaired) electrons. The van der Waals surface area contributed by atoms with Crippen molar-refractivity contribution in [3.8, 4) is 0 Å². The Morgan fingerprint density at radius 2 is 1.81 bits per heavy atom. The Labute approximate surface area is 158 Å². The first-order chi connectivity index (χ1) is 12.6. The first-order valence-electron chi connectivity index (χ1n) is 9.08. The Morgan fingerprint density at radius 3 is 2.33 bits per heavy atom. The maximum Gasteiger partial charge on any atom is 0.328 e. The zero-order valence-corrected chi connectivity index (χ0v) is 16.0. The summed E-state index contributed by atoms with van der Waals surface area (Å²) in [6.07, 6.45) is 1.44. The zero-order chi connectivity index (χ0) is 20.7. The van der Waals surface area contributed by atoms with Gasteiger partial charge in [0.1, 0.15) is 18.1 Å². The van der Waals surface area contributed by atoms with Crippen molar-refractivity contribution in [3.05, 3.63) is 0 Å². The summed E-state index contributed by atoms with van der Waals surface area (Å²) < 4.78 is 0. The fourth-order valence-corrected chi connectivity index (χ4v) is 3.00. The first-order valence-corrected chi connectivity index (χ1v) is 9.08. The highest BCUT2D eigenvalue weighted by atomic mass is 16.4. The monoisotopic (exact) mass is 386 g/mol. The Hall–Kier alpha value is -2.20. The maximum absolute atomic E-state index is 12.7. The highest BCUT2D eigenvalue weighted by molar-refractivity contribution is 5.94. The lowest BCUT2D eigenvalue weighted by atomic mass is 10.0. The van der Waals surface area contributed by atoms with Crippen molar-refractivity contribution >= 4 is 23.7 Å². The number of nitrogens with two attached hydrogens (primary N) is 1. The number of hydrogen-bond donors (Lipinski definition) is 5. The molecule has 0 bridgehead atoms. The number of hydrogen-bond acceptors (Lipinski definition) is 6. The lowest BCUT2D eigenvalue weighted by Crippen LogP contribution is -2.56. The molecule has 0 spiro atoms. The maximum atomic E-state index is 12.7. The van der Waals surface area contributed by atoms with E-state index in [1.54, 1.807) is 0 Å². The van der Waals surface area contributed by atoms with Gasteiger partial charge in [0.25, 0.3) is 0 Å². The van der Waals surface area contributed by atoms with Crippen molar-refractivity contribution in [2.24, 2.45) is 11.7 Å². The van der Waals surface area contributed by atoms with Gasteiger partial charge in [0.05, 0.1) is 12.6 Å². The normalized spacial score (nSPS) is 20.1. The van der Waals surface area contributed by atoms with Gasteiger partial charge in [-0.2, -0.15) is 0 Å². The van der Waals surface area contributed by atoms with E-state index in [1.807, 2.05) is 13.8 Å². The Kier molecular flexibility index (Phi) is 8.64. The van der Waals surface area contributed by atoms with Crippen LogP contribution in [0.4, 0.5) is 0 Å². The number of carboxylic acid groups (broad SMARTS) is 1. The topological polar surface area (TPSA) is 162 Å². The molecule has 0 aliphatic carbocycles. The lowest BCUT2D eigenvalue weighted by Gasteiger charge is -2.28. The van der Waals surface area contributed by atoms with Gasteiger partial charge in [-0.1, -0.05) is 13.8 Å². The standard InChI is InChI=1S/C17H30N4O6/c1-9(2)7-11(18)14(23)19-10(3)16(25)21-6-4-5-13(21)15(24)20-12(8-22)17(26)27/h9-13,22H,4-8,18H2,1-3H3,(H,19,23)(H,20,24)(H,26,27). The van der Waals surface area contributed by atoms with Crippen molar-refractivity contribution in [2.45, 2.75) is 64.2 Å².